The Balaban J connectivity index is 0.000000785. The molecule has 6 N–H and O–H groups in total. The van der Waals surface area contributed by atoms with E-state index in [4.69, 9.17) is 29.8 Å². The maximum atomic E-state index is 13.2. The van der Waals surface area contributed by atoms with E-state index in [0.717, 1.165) is 41.9 Å². The quantitative estimate of drug-likeness (QED) is 0.0417. The molecule has 1 unspecified atom stereocenters. The summed E-state index contributed by atoms with van der Waals surface area (Å²) in [5, 5.41) is 30.6. The molecule has 2 saturated heterocycles. The highest BCUT2D eigenvalue weighted by atomic mass is 32.3. The zero-order valence-corrected chi connectivity index (χ0v) is 28.8. The van der Waals surface area contributed by atoms with Crippen LogP contribution in [0.25, 0.3) is 10.9 Å². The molecule has 0 spiro atoms. The fourth-order valence-corrected chi connectivity index (χ4v) is 5.78. The molecule has 52 heavy (non-hydrogen) atoms. The first-order chi connectivity index (χ1) is 24.1. The molecule has 5 rings (SSSR count). The first kappa shape index (κ1) is 39.7. The van der Waals surface area contributed by atoms with Gasteiger partial charge in [0, 0.05) is 30.5 Å². The van der Waals surface area contributed by atoms with Gasteiger partial charge in [-0.3, -0.25) is 14.1 Å². The number of ether oxygens (including phenoxy) is 1. The molecule has 0 radical (unpaired) electrons. The van der Waals surface area contributed by atoms with Crippen molar-refractivity contribution in [1.29, 1.82) is 0 Å². The lowest BCUT2D eigenvalue weighted by atomic mass is 9.84. The van der Waals surface area contributed by atoms with E-state index in [0.29, 0.717) is 16.7 Å². The second-order valence-corrected chi connectivity index (χ2v) is 13.6. The summed E-state index contributed by atoms with van der Waals surface area (Å²) in [7, 11) is -3.05. The van der Waals surface area contributed by atoms with Gasteiger partial charge in [0.1, 0.15) is 30.1 Å². The van der Waals surface area contributed by atoms with Crippen LogP contribution in [-0.4, -0.2) is 106 Å². The number of β-lactam (4-membered cyclic amide) rings is 1. The van der Waals surface area contributed by atoms with Gasteiger partial charge in [-0.05, 0) is 26.0 Å². The first-order valence-electron chi connectivity index (χ1n) is 14.7. The zero-order chi connectivity index (χ0) is 38.8. The molecule has 0 bridgehead atoms. The number of halogens is 3. The number of aliphatic carboxylic acids is 2. The highest BCUT2D eigenvalue weighted by Gasteiger charge is 2.58. The monoisotopic (exact) mass is 780 g/mol. The topological polar surface area (TPSA) is 281 Å². The average Bonchev–Trinajstić information content (AvgIpc) is 3.58. The number of carboxylic acids is 2. The third-order valence-electron chi connectivity index (χ3n) is 7.61. The lowest BCUT2D eigenvalue weighted by Crippen LogP contribution is -2.76. The standard InChI is InChI=1S/C25H30N8O10S2.C2HF3O2/c1-25(2)20(22(35)33(25)43-45(38,39)40)29-21(34)19(16-12-44-24(26)28-16)30-42-18(23(36)37)11-41-15-4-5-17-14(6-15)10-32(31(17)3)9-13-7-27-8-13;3-2(4,5)1(6)7/h4-6,10,12-13,18,20,27H,7-9,11H2,1-3H3,(H4-,26,28,29,34,36,37,38,39,40);(H,6,7)/b30-19-;/t18?,20-;/m1./s1. The molecule has 25 heteroatoms. The van der Waals surface area contributed by atoms with E-state index in [2.05, 4.69) is 29.7 Å². The number of hydroxylamine groups is 2. The minimum atomic E-state index is -5.19. The number of hydrogen-bond donors (Lipinski definition) is 5. The van der Waals surface area contributed by atoms with Gasteiger partial charge in [0.2, 0.25) is 5.52 Å². The minimum Gasteiger partial charge on any atom is -0.542 e. The SMILES string of the molecule is C[n+]1c2ccc(OCC(O/N=C(\C(=O)N[C@@H]3C(=O)N(OS(=O)(=O)O)C3(C)C)c3csc(N)n3)C(=O)O)cc2cn1CC1CNC1.O=C([O-])C(F)(F)F. The van der Waals surface area contributed by atoms with E-state index in [1.807, 2.05) is 24.0 Å². The molecule has 4 heterocycles. The van der Waals surface area contributed by atoms with Gasteiger partial charge in [0.15, 0.2) is 17.9 Å². The number of rotatable bonds is 13. The van der Waals surface area contributed by atoms with Crippen molar-refractivity contribution in [3.63, 3.8) is 0 Å². The minimum absolute atomic E-state index is 0.0679. The maximum absolute atomic E-state index is 13.2. The molecule has 0 saturated carbocycles. The van der Waals surface area contributed by atoms with E-state index >= 15 is 0 Å². The number of carbonyl (C=O) groups is 4. The van der Waals surface area contributed by atoms with Gasteiger partial charge >= 0.3 is 22.5 Å². The smallest absolute Gasteiger partial charge is 0.430 e. The summed E-state index contributed by atoms with van der Waals surface area (Å²) in [6.07, 6.45) is -4.87. The Kier molecular flexibility index (Phi) is 11.6. The van der Waals surface area contributed by atoms with Gasteiger partial charge in [0.05, 0.1) is 23.7 Å². The van der Waals surface area contributed by atoms with Crippen molar-refractivity contribution in [2.24, 2.45) is 18.1 Å². The average molecular weight is 781 g/mol. The van der Waals surface area contributed by atoms with Gasteiger partial charge in [-0.2, -0.15) is 31.3 Å². The highest BCUT2D eigenvalue weighted by molar-refractivity contribution is 7.80. The molecule has 0 aliphatic carbocycles. The van der Waals surface area contributed by atoms with Crippen molar-refractivity contribution in [2.45, 2.75) is 44.3 Å². The normalized spacial score (nSPS) is 18.1. The molecule has 2 fully saturated rings. The number of thiazole rings is 1. The van der Waals surface area contributed by atoms with Gasteiger partial charge in [-0.1, -0.05) is 5.16 Å². The molecule has 284 valence electrons. The van der Waals surface area contributed by atoms with Crippen LogP contribution in [0.5, 0.6) is 5.75 Å². The van der Waals surface area contributed by atoms with Crippen molar-refractivity contribution < 1.29 is 74.1 Å². The second-order valence-electron chi connectivity index (χ2n) is 11.8. The Hall–Kier alpha value is -5.11. The number of oxime groups is 1. The van der Waals surface area contributed by atoms with Crippen LogP contribution in [0.15, 0.2) is 34.9 Å². The number of nitrogens with two attached hydrogens (primary N) is 1. The lowest BCUT2D eigenvalue weighted by Gasteiger charge is -2.50. The third-order valence-corrected chi connectivity index (χ3v) is 8.62. The summed E-state index contributed by atoms with van der Waals surface area (Å²) in [5.41, 5.74) is 4.66. The second kappa shape index (κ2) is 15.2. The number of carbonyl (C=O) groups excluding carboxylic acids is 3. The summed E-state index contributed by atoms with van der Waals surface area (Å²) in [4.78, 5) is 55.7. The van der Waals surface area contributed by atoms with Crippen LogP contribution in [0.2, 0.25) is 0 Å². The predicted molar refractivity (Wildman–Crippen MR) is 167 cm³/mol. The van der Waals surface area contributed by atoms with E-state index < -0.39 is 70.3 Å². The van der Waals surface area contributed by atoms with Crippen molar-refractivity contribution >= 4 is 67.2 Å². The first-order valence-corrected chi connectivity index (χ1v) is 16.9. The summed E-state index contributed by atoms with van der Waals surface area (Å²) in [6, 6.07) is 4.01. The fourth-order valence-electron chi connectivity index (χ4n) is 4.78. The number of hydrogen-bond acceptors (Lipinski definition) is 15. The van der Waals surface area contributed by atoms with Crippen LogP contribution < -0.4 is 30.9 Å². The van der Waals surface area contributed by atoms with Crippen LogP contribution in [0.4, 0.5) is 18.3 Å². The van der Waals surface area contributed by atoms with E-state index in [1.165, 1.54) is 19.2 Å². The maximum Gasteiger partial charge on any atom is 0.430 e. The van der Waals surface area contributed by atoms with Gasteiger partial charge in [0.25, 0.3) is 17.9 Å². The van der Waals surface area contributed by atoms with Gasteiger partial charge < -0.3 is 40.9 Å². The van der Waals surface area contributed by atoms with E-state index in [1.54, 1.807) is 12.1 Å². The molecule has 2 aliphatic heterocycles. The summed E-state index contributed by atoms with van der Waals surface area (Å²) < 4.78 is 76.8. The number of aryl methyl sites for hydroxylation is 1. The number of carboxylic acid groups (broad SMARTS) is 2. The number of nitrogen functional groups attached to an aromatic ring is 1. The van der Waals surface area contributed by atoms with Crippen LogP contribution in [0.1, 0.15) is 19.5 Å². The summed E-state index contributed by atoms with van der Waals surface area (Å²) >= 11 is 0.968. The van der Waals surface area contributed by atoms with Gasteiger partial charge in [-0.15, -0.1) is 20.3 Å². The Morgan fingerprint density at radius 1 is 1.31 bits per heavy atom. The molecule has 2 amide bonds. The zero-order valence-electron chi connectivity index (χ0n) is 27.2. The molecule has 1 aromatic carbocycles. The number of nitrogens with one attached hydrogen (secondary N) is 2. The Morgan fingerprint density at radius 3 is 2.46 bits per heavy atom. The lowest BCUT2D eigenvalue weighted by molar-refractivity contribution is -0.731. The molecule has 2 atom stereocenters. The molecular formula is C27H31F3N8O12S2. The largest absolute Gasteiger partial charge is 0.542 e. The van der Waals surface area contributed by atoms with Crippen LogP contribution in [-0.2, 0) is 52.3 Å². The number of amides is 2. The van der Waals surface area contributed by atoms with E-state index in [9.17, 15) is 41.1 Å². The Morgan fingerprint density at radius 2 is 1.96 bits per heavy atom. The predicted octanol–water partition coefficient (Wildman–Crippen LogP) is -1.88. The Bertz CT molecular complexity index is 2000. The molecule has 2 aliphatic rings. The molecule has 3 aromatic rings. The molecule has 2 aromatic heterocycles. The van der Waals surface area contributed by atoms with Crippen molar-refractivity contribution in [3.8, 4) is 5.75 Å². The number of anilines is 1. The van der Waals surface area contributed by atoms with Crippen LogP contribution in [0.3, 0.4) is 0 Å². The number of aromatic nitrogens is 3. The van der Waals surface area contributed by atoms with E-state index in [-0.39, 0.29) is 10.8 Å². The summed E-state index contributed by atoms with van der Waals surface area (Å²) in [6.45, 7) is 5.04. The van der Waals surface area contributed by atoms with Crippen LogP contribution >= 0.6 is 11.3 Å². The third kappa shape index (κ3) is 9.40. The van der Waals surface area contributed by atoms with Crippen molar-refractivity contribution in [1.82, 2.24) is 25.4 Å². The number of fused-ring (bicyclic) bond motifs is 1. The fraction of sp³-hybridized carbons (Fsp3) is 0.444. The van der Waals surface area contributed by atoms with Crippen LogP contribution in [0, 0.1) is 5.92 Å². The van der Waals surface area contributed by atoms with Crippen molar-refractivity contribution in [3.05, 3.63) is 35.5 Å². The summed E-state index contributed by atoms with van der Waals surface area (Å²) in [5.74, 6) is -5.50. The highest BCUT2D eigenvalue weighted by Crippen LogP contribution is 2.33. The van der Waals surface area contributed by atoms with Gasteiger partial charge in [-0.25, -0.2) is 9.78 Å². The Labute approximate surface area is 295 Å². The number of nitrogens with zero attached hydrogens (tertiary/aromatic N) is 5. The molecule has 20 nitrogen and oxygen atoms in total. The number of benzene rings is 1. The van der Waals surface area contributed by atoms with Crippen molar-refractivity contribution in [2.75, 3.05) is 25.4 Å². The molecular weight excluding hydrogens is 749 g/mol. The number of alkyl halides is 3.